The third kappa shape index (κ3) is 5.14. The molecule has 29 heavy (non-hydrogen) atoms. The van der Waals surface area contributed by atoms with Crippen molar-refractivity contribution in [2.75, 3.05) is 23.0 Å². The van der Waals surface area contributed by atoms with Crippen LogP contribution in [0.3, 0.4) is 0 Å². The van der Waals surface area contributed by atoms with Crippen LogP contribution in [0.25, 0.3) is 0 Å². The fourth-order valence-corrected chi connectivity index (χ4v) is 4.20. The Morgan fingerprint density at radius 1 is 1.14 bits per heavy atom. The highest BCUT2D eigenvalue weighted by Crippen LogP contribution is 2.24. The zero-order valence-corrected chi connectivity index (χ0v) is 18.0. The Hall–Kier alpha value is -2.87. The predicted molar refractivity (Wildman–Crippen MR) is 114 cm³/mol. The number of nitrogens with zero attached hydrogens (tertiary/aromatic N) is 1. The van der Waals surface area contributed by atoms with Crippen molar-refractivity contribution in [3.8, 4) is 0 Å². The Balaban J connectivity index is 2.34. The van der Waals surface area contributed by atoms with Gasteiger partial charge in [0.1, 0.15) is 6.04 Å². The predicted octanol–water partition coefficient (Wildman–Crippen LogP) is 3.14. The second kappa shape index (κ2) is 9.09. The molecule has 0 radical (unpaired) electrons. The molecule has 0 spiro atoms. The van der Waals surface area contributed by atoms with E-state index in [0.29, 0.717) is 22.5 Å². The van der Waals surface area contributed by atoms with E-state index in [9.17, 15) is 18.0 Å². The molecule has 0 heterocycles. The number of anilines is 2. The number of methoxy groups -OCH3 is 1. The maximum atomic E-state index is 12.9. The van der Waals surface area contributed by atoms with Crippen LogP contribution in [0, 0.1) is 6.92 Å². The van der Waals surface area contributed by atoms with E-state index in [4.69, 9.17) is 4.74 Å². The first-order chi connectivity index (χ1) is 13.6. The number of carbonyl (C=O) groups is 2. The first-order valence-electron chi connectivity index (χ1n) is 9.17. The summed E-state index contributed by atoms with van der Waals surface area (Å²) in [6.07, 6.45) is 1.89. The lowest BCUT2D eigenvalue weighted by molar-refractivity contribution is -0.116. The summed E-state index contributed by atoms with van der Waals surface area (Å²) < 4.78 is 30.7. The molecule has 156 valence electrons. The van der Waals surface area contributed by atoms with Gasteiger partial charge in [0, 0.05) is 5.69 Å². The smallest absolute Gasteiger partial charge is 0.338 e. The summed E-state index contributed by atoms with van der Waals surface area (Å²) in [5, 5.41) is 2.72. The average molecular weight is 419 g/mol. The van der Waals surface area contributed by atoms with Crippen molar-refractivity contribution in [2.24, 2.45) is 0 Å². The lowest BCUT2D eigenvalue weighted by Crippen LogP contribution is -2.45. The number of amides is 1. The largest absolute Gasteiger partial charge is 0.465 e. The lowest BCUT2D eigenvalue weighted by Gasteiger charge is -2.28. The average Bonchev–Trinajstić information content (AvgIpc) is 2.68. The quantitative estimate of drug-likeness (QED) is 0.698. The van der Waals surface area contributed by atoms with Crippen molar-refractivity contribution in [1.29, 1.82) is 0 Å². The molecule has 0 saturated carbocycles. The minimum Gasteiger partial charge on any atom is -0.465 e. The number of hydrogen-bond donors (Lipinski definition) is 1. The molecule has 0 bridgehead atoms. The van der Waals surface area contributed by atoms with Crippen molar-refractivity contribution >= 4 is 33.3 Å². The van der Waals surface area contributed by atoms with Crippen LogP contribution in [-0.4, -0.2) is 39.7 Å². The van der Waals surface area contributed by atoms with E-state index in [2.05, 4.69) is 5.32 Å². The van der Waals surface area contributed by atoms with Crippen molar-refractivity contribution in [1.82, 2.24) is 0 Å². The van der Waals surface area contributed by atoms with E-state index in [1.54, 1.807) is 37.3 Å². The highest BCUT2D eigenvalue weighted by Gasteiger charge is 2.29. The number of nitrogens with one attached hydrogen (secondary N) is 1. The number of ether oxygens (including phenoxy) is 1. The van der Waals surface area contributed by atoms with Gasteiger partial charge in [-0.1, -0.05) is 25.1 Å². The number of carbonyl (C=O) groups excluding carboxylic acids is 2. The number of rotatable bonds is 7. The van der Waals surface area contributed by atoms with Gasteiger partial charge in [0.25, 0.3) is 0 Å². The molecule has 2 aromatic rings. The van der Waals surface area contributed by atoms with Gasteiger partial charge in [-0.15, -0.1) is 0 Å². The second-order valence-electron chi connectivity index (χ2n) is 6.71. The van der Waals surface area contributed by atoms with Gasteiger partial charge >= 0.3 is 5.97 Å². The molecule has 0 fully saturated rings. The maximum Gasteiger partial charge on any atom is 0.338 e. The SMILES string of the molecule is CCc1ccc(N([C@H](C)C(=O)Nc2cccc(C(=O)OC)c2C)S(C)(=O)=O)cc1. The van der Waals surface area contributed by atoms with Gasteiger partial charge in [0.15, 0.2) is 0 Å². The Kier molecular flexibility index (Phi) is 7.02. The van der Waals surface area contributed by atoms with Crippen LogP contribution in [-0.2, 0) is 26.0 Å². The third-order valence-corrected chi connectivity index (χ3v) is 5.93. The standard InChI is InChI=1S/C21H26N2O5S/c1-6-16-10-12-17(13-11-16)23(29(5,26)27)15(3)20(24)22-19-9-7-8-18(14(19)2)21(25)28-4/h7-13,15H,6H2,1-5H3,(H,22,24)/t15-/m1/s1. The minimum atomic E-state index is -3.71. The van der Waals surface area contributed by atoms with Crippen molar-refractivity contribution < 1.29 is 22.7 Å². The summed E-state index contributed by atoms with van der Waals surface area (Å²) in [4.78, 5) is 24.7. The van der Waals surface area contributed by atoms with E-state index in [0.717, 1.165) is 22.5 Å². The molecule has 0 aliphatic rings. The van der Waals surface area contributed by atoms with Gasteiger partial charge in [-0.05, 0) is 55.7 Å². The zero-order chi connectivity index (χ0) is 21.8. The summed E-state index contributed by atoms with van der Waals surface area (Å²) in [6.45, 7) is 5.21. The van der Waals surface area contributed by atoms with Gasteiger partial charge in [-0.25, -0.2) is 13.2 Å². The molecule has 0 aromatic heterocycles. The van der Waals surface area contributed by atoms with Crippen molar-refractivity contribution in [3.63, 3.8) is 0 Å². The molecule has 0 aliphatic heterocycles. The molecule has 8 heteroatoms. The van der Waals surface area contributed by atoms with Gasteiger partial charge in [-0.2, -0.15) is 0 Å². The molecule has 7 nitrogen and oxygen atoms in total. The number of sulfonamides is 1. The maximum absolute atomic E-state index is 12.9. The van der Waals surface area contributed by atoms with Crippen molar-refractivity contribution in [2.45, 2.75) is 33.2 Å². The molecule has 2 aromatic carbocycles. The number of aryl methyl sites for hydroxylation is 1. The normalized spacial score (nSPS) is 12.2. The number of hydrogen-bond acceptors (Lipinski definition) is 5. The first kappa shape index (κ1) is 22.4. The van der Waals surface area contributed by atoms with Gasteiger partial charge in [0.05, 0.1) is 24.6 Å². The summed E-state index contributed by atoms with van der Waals surface area (Å²) in [5.74, 6) is -1.03. The van der Waals surface area contributed by atoms with Crippen LogP contribution in [0.2, 0.25) is 0 Å². The topological polar surface area (TPSA) is 92.8 Å². The van der Waals surface area contributed by atoms with Crippen LogP contribution in [0.15, 0.2) is 42.5 Å². The van der Waals surface area contributed by atoms with E-state index >= 15 is 0 Å². The number of esters is 1. The molecule has 2 rings (SSSR count). The lowest BCUT2D eigenvalue weighted by atomic mass is 10.1. The summed E-state index contributed by atoms with van der Waals surface area (Å²) in [7, 11) is -2.43. The Morgan fingerprint density at radius 3 is 2.28 bits per heavy atom. The Labute approximate surface area is 171 Å². The van der Waals surface area contributed by atoms with Gasteiger partial charge in [-0.3, -0.25) is 9.10 Å². The highest BCUT2D eigenvalue weighted by molar-refractivity contribution is 7.92. The van der Waals surface area contributed by atoms with Crippen LogP contribution >= 0.6 is 0 Å². The number of benzene rings is 2. The minimum absolute atomic E-state index is 0.327. The molecular weight excluding hydrogens is 392 g/mol. The molecule has 0 saturated heterocycles. The van der Waals surface area contributed by atoms with E-state index in [-0.39, 0.29) is 0 Å². The van der Waals surface area contributed by atoms with Crippen molar-refractivity contribution in [3.05, 3.63) is 59.2 Å². The Bertz CT molecular complexity index is 1000. The van der Waals surface area contributed by atoms with E-state index < -0.39 is 27.9 Å². The van der Waals surface area contributed by atoms with Crippen LogP contribution in [0.1, 0.15) is 35.3 Å². The Morgan fingerprint density at radius 2 is 1.76 bits per heavy atom. The van der Waals surface area contributed by atoms with Crippen LogP contribution < -0.4 is 9.62 Å². The zero-order valence-electron chi connectivity index (χ0n) is 17.2. The fourth-order valence-electron chi connectivity index (χ4n) is 3.03. The molecule has 1 N–H and O–H groups in total. The van der Waals surface area contributed by atoms with E-state index in [1.165, 1.54) is 14.0 Å². The molecule has 0 aliphatic carbocycles. The molecule has 0 unspecified atom stereocenters. The molecule has 1 amide bonds. The van der Waals surface area contributed by atoms with Crippen LogP contribution in [0.5, 0.6) is 0 Å². The summed E-state index contributed by atoms with van der Waals surface area (Å²) >= 11 is 0. The molecule has 1 atom stereocenters. The molecular formula is C21H26N2O5S. The van der Waals surface area contributed by atoms with E-state index in [1.807, 2.05) is 19.1 Å². The summed E-state index contributed by atoms with van der Waals surface area (Å²) in [5.41, 5.74) is 2.76. The highest BCUT2D eigenvalue weighted by atomic mass is 32.2. The summed E-state index contributed by atoms with van der Waals surface area (Å²) in [6, 6.07) is 10.9. The van der Waals surface area contributed by atoms with Gasteiger partial charge < -0.3 is 10.1 Å². The fraction of sp³-hybridized carbons (Fsp3) is 0.333. The first-order valence-corrected chi connectivity index (χ1v) is 11.0. The third-order valence-electron chi connectivity index (χ3n) is 4.68. The van der Waals surface area contributed by atoms with Crippen LogP contribution in [0.4, 0.5) is 11.4 Å². The second-order valence-corrected chi connectivity index (χ2v) is 8.57. The monoisotopic (exact) mass is 418 g/mol. The van der Waals surface area contributed by atoms with Gasteiger partial charge in [0.2, 0.25) is 15.9 Å².